The predicted octanol–water partition coefficient (Wildman–Crippen LogP) is 1.72. The van der Waals surface area contributed by atoms with Crippen molar-refractivity contribution in [1.82, 2.24) is 9.78 Å². The molecule has 0 amide bonds. The number of rotatable bonds is 2. The lowest BCUT2D eigenvalue weighted by Crippen LogP contribution is -2.26. The molecule has 13 heavy (non-hydrogen) atoms. The van der Waals surface area contributed by atoms with E-state index in [4.69, 9.17) is 4.74 Å². The van der Waals surface area contributed by atoms with E-state index in [0.29, 0.717) is 12.0 Å². The van der Waals surface area contributed by atoms with Crippen molar-refractivity contribution in [2.75, 3.05) is 13.2 Å². The minimum Gasteiger partial charge on any atom is -0.380 e. The van der Waals surface area contributed by atoms with E-state index in [-0.39, 0.29) is 0 Å². The molecule has 2 heterocycles. The third-order valence-electron chi connectivity index (χ3n) is 3.13. The van der Waals surface area contributed by atoms with Gasteiger partial charge in [0.25, 0.3) is 0 Å². The van der Waals surface area contributed by atoms with Crippen molar-refractivity contribution in [2.24, 2.45) is 0 Å². The second-order valence-electron chi connectivity index (χ2n) is 4.04. The van der Waals surface area contributed by atoms with Crippen LogP contribution in [0.25, 0.3) is 0 Å². The van der Waals surface area contributed by atoms with E-state index < -0.39 is 0 Å². The van der Waals surface area contributed by atoms with Crippen molar-refractivity contribution < 1.29 is 4.74 Å². The summed E-state index contributed by atoms with van der Waals surface area (Å²) in [4.78, 5) is 0. The summed E-state index contributed by atoms with van der Waals surface area (Å²) in [5.41, 5.74) is 1.22. The standard InChI is InChI=1S/C10H14N2O/c1-2-9(3-1)12-5-4-10(11-12)8-6-13-7-8/h4-5,8-9H,1-3,6-7H2. The molecular weight excluding hydrogens is 164 g/mol. The zero-order valence-corrected chi connectivity index (χ0v) is 7.65. The Balaban J connectivity index is 1.76. The molecule has 2 aliphatic rings. The van der Waals surface area contributed by atoms with Crippen LogP contribution in [0, 0.1) is 0 Å². The van der Waals surface area contributed by atoms with Crippen molar-refractivity contribution in [2.45, 2.75) is 31.2 Å². The van der Waals surface area contributed by atoms with Crippen LogP contribution in [-0.2, 0) is 4.74 Å². The Morgan fingerprint density at radius 2 is 2.23 bits per heavy atom. The average molecular weight is 178 g/mol. The van der Waals surface area contributed by atoms with Crippen LogP contribution in [0.3, 0.4) is 0 Å². The Hall–Kier alpha value is -0.830. The summed E-state index contributed by atoms with van der Waals surface area (Å²) in [5.74, 6) is 0.571. The van der Waals surface area contributed by atoms with Gasteiger partial charge in [-0.25, -0.2) is 0 Å². The van der Waals surface area contributed by atoms with Gasteiger partial charge in [-0.3, -0.25) is 4.68 Å². The summed E-state index contributed by atoms with van der Waals surface area (Å²) in [7, 11) is 0. The first-order valence-corrected chi connectivity index (χ1v) is 5.06. The molecule has 0 spiro atoms. The molecule has 1 aliphatic heterocycles. The number of hydrogen-bond donors (Lipinski definition) is 0. The van der Waals surface area contributed by atoms with Gasteiger partial charge in [-0.2, -0.15) is 5.10 Å². The highest BCUT2D eigenvalue weighted by atomic mass is 16.5. The van der Waals surface area contributed by atoms with Gasteiger partial charge in [-0.1, -0.05) is 0 Å². The van der Waals surface area contributed by atoms with Crippen molar-refractivity contribution in [3.05, 3.63) is 18.0 Å². The van der Waals surface area contributed by atoms with Gasteiger partial charge in [-0.05, 0) is 25.3 Å². The molecule has 0 radical (unpaired) electrons. The minimum absolute atomic E-state index is 0.571. The Kier molecular flexibility index (Phi) is 1.65. The Morgan fingerprint density at radius 1 is 1.38 bits per heavy atom. The Morgan fingerprint density at radius 3 is 2.77 bits per heavy atom. The van der Waals surface area contributed by atoms with Crippen LogP contribution in [0.15, 0.2) is 12.3 Å². The smallest absolute Gasteiger partial charge is 0.0701 e. The van der Waals surface area contributed by atoms with E-state index in [1.54, 1.807) is 0 Å². The largest absolute Gasteiger partial charge is 0.380 e. The molecule has 3 nitrogen and oxygen atoms in total. The normalized spacial score (nSPS) is 24.0. The molecule has 2 fully saturated rings. The van der Waals surface area contributed by atoms with E-state index in [1.165, 1.54) is 25.0 Å². The molecule has 3 heteroatoms. The van der Waals surface area contributed by atoms with Gasteiger partial charge in [0, 0.05) is 12.1 Å². The number of nitrogens with zero attached hydrogens (tertiary/aromatic N) is 2. The average Bonchev–Trinajstić information content (AvgIpc) is 2.29. The van der Waals surface area contributed by atoms with E-state index >= 15 is 0 Å². The summed E-state index contributed by atoms with van der Waals surface area (Å²) < 4.78 is 7.29. The van der Waals surface area contributed by atoms with Crippen LogP contribution in [-0.4, -0.2) is 23.0 Å². The van der Waals surface area contributed by atoms with Gasteiger partial charge in [-0.15, -0.1) is 0 Å². The molecule has 0 bridgehead atoms. The topological polar surface area (TPSA) is 27.1 Å². The van der Waals surface area contributed by atoms with Gasteiger partial charge in [0.2, 0.25) is 0 Å². The van der Waals surface area contributed by atoms with E-state index in [0.717, 1.165) is 13.2 Å². The molecule has 1 saturated heterocycles. The molecule has 0 unspecified atom stereocenters. The highest BCUT2D eigenvalue weighted by molar-refractivity contribution is 5.09. The molecule has 3 rings (SSSR count). The molecule has 1 aliphatic carbocycles. The summed E-state index contributed by atoms with van der Waals surface area (Å²) in [6.45, 7) is 1.73. The molecule has 0 atom stereocenters. The van der Waals surface area contributed by atoms with Crippen LogP contribution in [0.5, 0.6) is 0 Å². The highest BCUT2D eigenvalue weighted by Crippen LogP contribution is 2.32. The lowest BCUT2D eigenvalue weighted by Gasteiger charge is -2.27. The van der Waals surface area contributed by atoms with Crippen LogP contribution >= 0.6 is 0 Å². The number of aromatic nitrogens is 2. The maximum atomic E-state index is 5.15. The number of hydrogen-bond acceptors (Lipinski definition) is 2. The van der Waals surface area contributed by atoms with Gasteiger partial charge in [0.15, 0.2) is 0 Å². The quantitative estimate of drug-likeness (QED) is 0.689. The van der Waals surface area contributed by atoms with Gasteiger partial charge >= 0.3 is 0 Å². The fourth-order valence-electron chi connectivity index (χ4n) is 1.83. The zero-order valence-electron chi connectivity index (χ0n) is 7.65. The number of ether oxygens (including phenoxy) is 1. The predicted molar refractivity (Wildman–Crippen MR) is 48.7 cm³/mol. The molecular formula is C10H14N2O. The second kappa shape index (κ2) is 2.84. The summed E-state index contributed by atoms with van der Waals surface area (Å²) in [5, 5.41) is 4.59. The fourth-order valence-corrected chi connectivity index (χ4v) is 1.83. The molecule has 0 N–H and O–H groups in total. The highest BCUT2D eigenvalue weighted by Gasteiger charge is 2.25. The molecule has 0 aromatic carbocycles. The minimum atomic E-state index is 0.571. The van der Waals surface area contributed by atoms with E-state index in [1.807, 2.05) is 0 Å². The fraction of sp³-hybridized carbons (Fsp3) is 0.700. The van der Waals surface area contributed by atoms with E-state index in [2.05, 4.69) is 22.0 Å². The Labute approximate surface area is 77.7 Å². The third-order valence-corrected chi connectivity index (χ3v) is 3.13. The third kappa shape index (κ3) is 1.18. The maximum Gasteiger partial charge on any atom is 0.0701 e. The summed E-state index contributed by atoms with van der Waals surface area (Å²) in [6.07, 6.45) is 6.11. The van der Waals surface area contributed by atoms with Crippen molar-refractivity contribution >= 4 is 0 Å². The first-order valence-electron chi connectivity index (χ1n) is 5.06. The SMILES string of the molecule is c1cn(C2CCC2)nc1C1COC1. The van der Waals surface area contributed by atoms with Gasteiger partial charge in [0.05, 0.1) is 24.9 Å². The lowest BCUT2D eigenvalue weighted by molar-refractivity contribution is 0.00629. The summed E-state index contributed by atoms with van der Waals surface area (Å²) >= 11 is 0. The summed E-state index contributed by atoms with van der Waals surface area (Å²) in [6, 6.07) is 2.83. The molecule has 1 aromatic heterocycles. The van der Waals surface area contributed by atoms with Gasteiger partial charge in [0.1, 0.15) is 0 Å². The first kappa shape index (κ1) is 7.56. The van der Waals surface area contributed by atoms with Crippen LogP contribution < -0.4 is 0 Å². The Bertz CT molecular complexity index is 271. The van der Waals surface area contributed by atoms with Crippen molar-refractivity contribution in [3.63, 3.8) is 0 Å². The molecule has 70 valence electrons. The first-order chi connectivity index (χ1) is 6.43. The zero-order chi connectivity index (χ0) is 8.67. The van der Waals surface area contributed by atoms with Crippen molar-refractivity contribution in [1.29, 1.82) is 0 Å². The van der Waals surface area contributed by atoms with Crippen LogP contribution in [0.2, 0.25) is 0 Å². The maximum absolute atomic E-state index is 5.15. The van der Waals surface area contributed by atoms with Crippen molar-refractivity contribution in [3.8, 4) is 0 Å². The van der Waals surface area contributed by atoms with Gasteiger partial charge < -0.3 is 4.74 Å². The van der Waals surface area contributed by atoms with E-state index in [9.17, 15) is 0 Å². The molecule has 1 saturated carbocycles. The van der Waals surface area contributed by atoms with Crippen LogP contribution in [0.4, 0.5) is 0 Å². The molecule has 1 aromatic rings. The monoisotopic (exact) mass is 178 g/mol. The van der Waals surface area contributed by atoms with Crippen LogP contribution in [0.1, 0.15) is 36.9 Å². The second-order valence-corrected chi connectivity index (χ2v) is 4.04. The lowest BCUT2D eigenvalue weighted by atomic mass is 9.93.